The summed E-state index contributed by atoms with van der Waals surface area (Å²) in [5.41, 5.74) is 25.3. The third kappa shape index (κ3) is 11.5. The minimum Gasteiger partial charge on any atom is -0.399 e. The average Bonchev–Trinajstić information content (AvgIpc) is 3.11. The van der Waals surface area contributed by atoms with E-state index in [4.69, 9.17) is 11.5 Å². The Kier molecular flexibility index (Phi) is 16.5. The van der Waals surface area contributed by atoms with E-state index in [-0.39, 0.29) is 0 Å². The minimum atomic E-state index is 0.402. The quantitative estimate of drug-likeness (QED) is 0.0645. The van der Waals surface area contributed by atoms with Crippen molar-refractivity contribution in [2.45, 2.75) is 155 Å². The van der Waals surface area contributed by atoms with Crippen molar-refractivity contribution in [2.24, 2.45) is 0 Å². The molecule has 4 N–H and O–H groups in total. The molecule has 0 spiro atoms. The zero-order valence-electron chi connectivity index (χ0n) is 32.3. The van der Waals surface area contributed by atoms with Gasteiger partial charge in [0.2, 0.25) is 0 Å². The van der Waals surface area contributed by atoms with E-state index in [1.807, 2.05) is 0 Å². The number of hydrogen-bond donors (Lipinski definition) is 2. The molecule has 0 radical (unpaired) electrons. The molecule has 270 valence electrons. The van der Waals surface area contributed by atoms with E-state index in [9.17, 15) is 0 Å². The first-order chi connectivity index (χ1) is 24.4. The third-order valence-electron chi connectivity index (χ3n) is 11.1. The zero-order valence-corrected chi connectivity index (χ0v) is 32.3. The van der Waals surface area contributed by atoms with Gasteiger partial charge in [0.15, 0.2) is 0 Å². The summed E-state index contributed by atoms with van der Waals surface area (Å²) in [4.78, 5) is 0. The van der Waals surface area contributed by atoms with Crippen LogP contribution in [0.15, 0.2) is 84.9 Å². The average molecular weight is 673 g/mol. The number of nitrogen functional groups attached to an aromatic ring is 2. The largest absolute Gasteiger partial charge is 0.399 e. The molecule has 50 heavy (non-hydrogen) atoms. The van der Waals surface area contributed by atoms with Crippen molar-refractivity contribution in [1.29, 1.82) is 0 Å². The molecule has 0 aromatic heterocycles. The van der Waals surface area contributed by atoms with Gasteiger partial charge in [0, 0.05) is 29.1 Å². The molecule has 4 aromatic rings. The predicted molar refractivity (Wildman–Crippen MR) is 220 cm³/mol. The predicted octanol–water partition coefficient (Wildman–Crippen LogP) is 14.2. The van der Waals surface area contributed by atoms with E-state index in [0.29, 0.717) is 17.8 Å². The molecule has 2 unspecified atom stereocenters. The van der Waals surface area contributed by atoms with E-state index in [1.165, 1.54) is 147 Å². The Labute approximate surface area is 306 Å². The van der Waals surface area contributed by atoms with Crippen LogP contribution in [0.4, 0.5) is 11.4 Å². The zero-order chi connectivity index (χ0) is 35.7. The van der Waals surface area contributed by atoms with Crippen LogP contribution in [0.2, 0.25) is 0 Å². The summed E-state index contributed by atoms with van der Waals surface area (Å²) in [6, 6.07) is 32.5. The van der Waals surface area contributed by atoms with E-state index in [0.717, 1.165) is 11.4 Å². The number of nitrogens with two attached hydrogens (primary N) is 2. The highest BCUT2D eigenvalue weighted by Gasteiger charge is 2.21. The van der Waals surface area contributed by atoms with Crippen LogP contribution in [-0.4, -0.2) is 0 Å². The van der Waals surface area contributed by atoms with Crippen molar-refractivity contribution in [3.63, 3.8) is 0 Å². The van der Waals surface area contributed by atoms with Gasteiger partial charge in [0.05, 0.1) is 0 Å². The van der Waals surface area contributed by atoms with Crippen LogP contribution in [0.25, 0.3) is 0 Å². The number of hydrogen-bond acceptors (Lipinski definition) is 2. The van der Waals surface area contributed by atoms with Crippen molar-refractivity contribution >= 4 is 11.4 Å². The molecule has 0 fully saturated rings. The Morgan fingerprint density at radius 3 is 1.02 bits per heavy atom. The second-order valence-electron chi connectivity index (χ2n) is 15.1. The highest BCUT2D eigenvalue weighted by molar-refractivity contribution is 5.50. The van der Waals surface area contributed by atoms with Gasteiger partial charge >= 0.3 is 0 Å². The van der Waals surface area contributed by atoms with Gasteiger partial charge < -0.3 is 11.5 Å². The van der Waals surface area contributed by atoms with E-state index < -0.39 is 0 Å². The molecule has 0 amide bonds. The SMILES string of the molecule is CCCCCCCC(c1ccc(C(CCCCCC)c2ccc(N)cc2C)cc1)c1ccc(C(CCCCCC)c2ccc(N)cc2C)cc1. The van der Waals surface area contributed by atoms with Crippen LogP contribution < -0.4 is 11.5 Å². The van der Waals surface area contributed by atoms with Gasteiger partial charge in [0.1, 0.15) is 0 Å². The fourth-order valence-corrected chi connectivity index (χ4v) is 8.13. The van der Waals surface area contributed by atoms with Gasteiger partial charge in [-0.05, 0) is 102 Å². The normalized spacial score (nSPS) is 13.3. The maximum Gasteiger partial charge on any atom is 0.0316 e. The fourth-order valence-electron chi connectivity index (χ4n) is 8.13. The first-order valence-electron chi connectivity index (χ1n) is 20.3. The molecule has 4 aromatic carbocycles. The van der Waals surface area contributed by atoms with Gasteiger partial charge in [-0.15, -0.1) is 0 Å². The second kappa shape index (κ2) is 21.0. The van der Waals surface area contributed by atoms with Crippen LogP contribution >= 0.6 is 0 Å². The van der Waals surface area contributed by atoms with Gasteiger partial charge in [-0.3, -0.25) is 0 Å². The number of anilines is 2. The van der Waals surface area contributed by atoms with Gasteiger partial charge in [0.25, 0.3) is 0 Å². The topological polar surface area (TPSA) is 52.0 Å². The lowest BCUT2D eigenvalue weighted by Crippen LogP contribution is -2.07. The number of unbranched alkanes of at least 4 members (excludes halogenated alkanes) is 10. The molecule has 0 bridgehead atoms. The van der Waals surface area contributed by atoms with Crippen LogP contribution in [-0.2, 0) is 0 Å². The summed E-state index contributed by atoms with van der Waals surface area (Å²) in [7, 11) is 0. The molecule has 0 heterocycles. The summed E-state index contributed by atoms with van der Waals surface area (Å²) >= 11 is 0. The standard InChI is InChI=1S/C48H68N2/c1-6-9-12-15-18-19-46(38-22-26-40(27-23-38)47(20-16-13-10-7-2)44-32-30-42(49)34-36(44)4)39-24-28-41(29-25-39)48(21-17-14-11-8-3)45-33-31-43(50)35-37(45)5/h22-35,46-48H,6-21,49-50H2,1-5H3. The number of benzene rings is 4. The maximum absolute atomic E-state index is 6.18. The Morgan fingerprint density at radius 1 is 0.380 bits per heavy atom. The molecule has 2 nitrogen and oxygen atoms in total. The van der Waals surface area contributed by atoms with Crippen LogP contribution in [0.5, 0.6) is 0 Å². The molecule has 0 saturated heterocycles. The lowest BCUT2D eigenvalue weighted by molar-refractivity contribution is 0.578. The van der Waals surface area contributed by atoms with Crippen molar-refractivity contribution in [2.75, 3.05) is 11.5 Å². The monoisotopic (exact) mass is 673 g/mol. The maximum atomic E-state index is 6.18. The van der Waals surface area contributed by atoms with Crippen LogP contribution in [0.3, 0.4) is 0 Å². The molecule has 2 heteroatoms. The first-order valence-corrected chi connectivity index (χ1v) is 20.3. The Balaban J connectivity index is 1.63. The first kappa shape index (κ1) is 39.3. The van der Waals surface area contributed by atoms with Crippen LogP contribution in [0, 0.1) is 13.8 Å². The van der Waals surface area contributed by atoms with Gasteiger partial charge in [-0.25, -0.2) is 0 Å². The third-order valence-corrected chi connectivity index (χ3v) is 11.1. The van der Waals surface area contributed by atoms with Crippen molar-refractivity contribution < 1.29 is 0 Å². The summed E-state index contributed by atoms with van der Waals surface area (Å²) in [5, 5.41) is 0. The fraction of sp³-hybridized carbons (Fsp3) is 0.500. The minimum absolute atomic E-state index is 0.402. The second-order valence-corrected chi connectivity index (χ2v) is 15.1. The summed E-state index contributed by atoms with van der Waals surface area (Å²) < 4.78 is 0. The number of rotatable bonds is 22. The molecule has 2 atom stereocenters. The van der Waals surface area contributed by atoms with Gasteiger partial charge in [-0.1, -0.05) is 165 Å². The van der Waals surface area contributed by atoms with Crippen molar-refractivity contribution in [1.82, 2.24) is 0 Å². The molecular weight excluding hydrogens is 605 g/mol. The lowest BCUT2D eigenvalue weighted by atomic mass is 9.81. The molecule has 0 saturated carbocycles. The summed E-state index contributed by atoms with van der Waals surface area (Å²) in [5.74, 6) is 1.21. The smallest absolute Gasteiger partial charge is 0.0316 e. The van der Waals surface area contributed by atoms with E-state index in [2.05, 4.69) is 120 Å². The molecule has 0 aliphatic rings. The molecule has 0 aliphatic heterocycles. The highest BCUT2D eigenvalue weighted by Crippen LogP contribution is 2.38. The van der Waals surface area contributed by atoms with Crippen LogP contribution in [0.1, 0.15) is 186 Å². The Bertz CT molecular complexity index is 1420. The molecular formula is C48H68N2. The van der Waals surface area contributed by atoms with Crippen molar-refractivity contribution in [3.05, 3.63) is 129 Å². The Morgan fingerprint density at radius 2 is 0.680 bits per heavy atom. The lowest BCUT2D eigenvalue weighted by Gasteiger charge is -2.24. The van der Waals surface area contributed by atoms with E-state index in [1.54, 1.807) is 0 Å². The summed E-state index contributed by atoms with van der Waals surface area (Å²) in [6.07, 6.45) is 20.3. The Hall–Kier alpha value is -3.52. The molecule has 4 rings (SSSR count). The van der Waals surface area contributed by atoms with Crippen molar-refractivity contribution in [3.8, 4) is 0 Å². The van der Waals surface area contributed by atoms with E-state index >= 15 is 0 Å². The van der Waals surface area contributed by atoms with Gasteiger partial charge in [-0.2, -0.15) is 0 Å². The summed E-state index contributed by atoms with van der Waals surface area (Å²) in [6.45, 7) is 11.3. The highest BCUT2D eigenvalue weighted by atomic mass is 14.5. The number of aryl methyl sites for hydroxylation is 2. The molecule has 0 aliphatic carbocycles.